The van der Waals surface area contributed by atoms with Gasteiger partial charge in [-0.2, -0.15) is 0 Å². The van der Waals surface area contributed by atoms with E-state index in [1.54, 1.807) is 7.11 Å². The lowest BCUT2D eigenvalue weighted by Crippen LogP contribution is -2.09. The highest BCUT2D eigenvalue weighted by Gasteiger charge is 2.11. The number of hydrogen-bond donors (Lipinski definition) is 2. The average Bonchev–Trinajstić information content (AvgIpc) is 2.78. The zero-order chi connectivity index (χ0) is 12.3. The van der Waals surface area contributed by atoms with E-state index >= 15 is 0 Å². The fraction of sp³-hybridized carbons (Fsp3) is 0.286. The SMILES string of the molecule is C=CCC[C@H](N)c1c[nH]c2ccc(OC)cc12.Cl. The minimum Gasteiger partial charge on any atom is -0.497 e. The Hall–Kier alpha value is -1.45. The molecule has 1 aromatic heterocycles. The van der Waals surface area contributed by atoms with Gasteiger partial charge in [-0.15, -0.1) is 19.0 Å². The fourth-order valence-electron chi connectivity index (χ4n) is 2.01. The summed E-state index contributed by atoms with van der Waals surface area (Å²) in [6.45, 7) is 3.72. The average molecular weight is 267 g/mol. The second kappa shape index (κ2) is 6.47. The number of hydrogen-bond acceptors (Lipinski definition) is 2. The second-order valence-corrected chi connectivity index (χ2v) is 4.13. The van der Waals surface area contributed by atoms with E-state index in [9.17, 15) is 0 Å². The number of fused-ring (bicyclic) bond motifs is 1. The summed E-state index contributed by atoms with van der Waals surface area (Å²) in [6.07, 6.45) is 5.72. The predicted molar refractivity (Wildman–Crippen MR) is 78.5 cm³/mol. The van der Waals surface area contributed by atoms with Gasteiger partial charge in [-0.1, -0.05) is 6.08 Å². The monoisotopic (exact) mass is 266 g/mol. The molecule has 0 spiro atoms. The molecule has 0 unspecified atom stereocenters. The molecule has 0 aliphatic heterocycles. The normalized spacial score (nSPS) is 11.9. The third-order valence-corrected chi connectivity index (χ3v) is 3.00. The largest absolute Gasteiger partial charge is 0.497 e. The molecular weight excluding hydrogens is 248 g/mol. The molecule has 2 aromatic rings. The number of nitrogens with one attached hydrogen (secondary N) is 1. The highest BCUT2D eigenvalue weighted by Crippen LogP contribution is 2.28. The summed E-state index contributed by atoms with van der Waals surface area (Å²) < 4.78 is 5.24. The van der Waals surface area contributed by atoms with Crippen molar-refractivity contribution in [2.75, 3.05) is 7.11 Å². The molecule has 0 saturated heterocycles. The number of allylic oxidation sites excluding steroid dienone is 1. The summed E-state index contributed by atoms with van der Waals surface area (Å²) >= 11 is 0. The minimum absolute atomic E-state index is 0. The number of ether oxygens (including phenoxy) is 1. The van der Waals surface area contributed by atoms with Gasteiger partial charge in [0, 0.05) is 23.1 Å². The molecule has 0 fully saturated rings. The Morgan fingerprint density at radius 2 is 2.28 bits per heavy atom. The number of benzene rings is 1. The van der Waals surface area contributed by atoms with Crippen LogP contribution in [0, 0.1) is 0 Å². The van der Waals surface area contributed by atoms with E-state index in [1.807, 2.05) is 30.5 Å². The van der Waals surface area contributed by atoms with Crippen molar-refractivity contribution in [1.29, 1.82) is 0 Å². The topological polar surface area (TPSA) is 51.0 Å². The molecule has 0 radical (unpaired) electrons. The second-order valence-electron chi connectivity index (χ2n) is 4.13. The van der Waals surface area contributed by atoms with Crippen molar-refractivity contribution in [2.24, 2.45) is 5.73 Å². The van der Waals surface area contributed by atoms with E-state index < -0.39 is 0 Å². The number of H-pyrrole nitrogens is 1. The zero-order valence-electron chi connectivity index (χ0n) is 10.5. The van der Waals surface area contributed by atoms with Gasteiger partial charge >= 0.3 is 0 Å². The van der Waals surface area contributed by atoms with E-state index in [1.165, 1.54) is 0 Å². The van der Waals surface area contributed by atoms with Gasteiger partial charge in [0.15, 0.2) is 0 Å². The van der Waals surface area contributed by atoms with Gasteiger partial charge in [-0.25, -0.2) is 0 Å². The summed E-state index contributed by atoms with van der Waals surface area (Å²) in [5, 5.41) is 1.14. The van der Waals surface area contributed by atoms with Gasteiger partial charge in [0.05, 0.1) is 7.11 Å². The van der Waals surface area contributed by atoms with Crippen LogP contribution in [0.2, 0.25) is 0 Å². The van der Waals surface area contributed by atoms with Crippen molar-refractivity contribution < 1.29 is 4.74 Å². The van der Waals surface area contributed by atoms with Crippen LogP contribution in [0.3, 0.4) is 0 Å². The highest BCUT2D eigenvalue weighted by atomic mass is 35.5. The van der Waals surface area contributed by atoms with Gasteiger partial charge in [-0.3, -0.25) is 0 Å². The first-order chi connectivity index (χ1) is 8.26. The summed E-state index contributed by atoms with van der Waals surface area (Å²) in [5.41, 5.74) is 8.41. The van der Waals surface area contributed by atoms with Crippen LogP contribution in [0.15, 0.2) is 37.1 Å². The van der Waals surface area contributed by atoms with Crippen molar-refractivity contribution in [2.45, 2.75) is 18.9 Å². The highest BCUT2D eigenvalue weighted by molar-refractivity contribution is 5.85. The predicted octanol–water partition coefficient (Wildman–Crippen LogP) is 3.56. The molecule has 18 heavy (non-hydrogen) atoms. The standard InChI is InChI=1S/C14H18N2O.ClH/c1-3-4-5-13(15)12-9-16-14-7-6-10(17-2)8-11(12)14;/h3,6-9,13,16H,1,4-5,15H2,2H3;1H/t13-;/m0./s1. The van der Waals surface area contributed by atoms with E-state index in [0.29, 0.717) is 0 Å². The summed E-state index contributed by atoms with van der Waals surface area (Å²) in [7, 11) is 1.67. The van der Waals surface area contributed by atoms with Crippen molar-refractivity contribution >= 4 is 23.3 Å². The summed E-state index contributed by atoms with van der Waals surface area (Å²) in [5.74, 6) is 0.856. The van der Waals surface area contributed by atoms with Crippen molar-refractivity contribution in [3.05, 3.63) is 42.6 Å². The van der Waals surface area contributed by atoms with Crippen LogP contribution in [0.5, 0.6) is 5.75 Å². The van der Waals surface area contributed by atoms with Crippen LogP contribution in [-0.4, -0.2) is 12.1 Å². The van der Waals surface area contributed by atoms with Crippen LogP contribution >= 0.6 is 12.4 Å². The van der Waals surface area contributed by atoms with Crippen molar-refractivity contribution in [1.82, 2.24) is 4.98 Å². The van der Waals surface area contributed by atoms with Gasteiger partial charge in [0.25, 0.3) is 0 Å². The lowest BCUT2D eigenvalue weighted by molar-refractivity contribution is 0.415. The van der Waals surface area contributed by atoms with Gasteiger partial charge in [0.2, 0.25) is 0 Å². The molecule has 0 aliphatic carbocycles. The van der Waals surface area contributed by atoms with Crippen LogP contribution in [0.4, 0.5) is 0 Å². The van der Waals surface area contributed by atoms with Gasteiger partial charge in [0.1, 0.15) is 5.75 Å². The molecule has 0 saturated carbocycles. The smallest absolute Gasteiger partial charge is 0.119 e. The third kappa shape index (κ3) is 2.86. The van der Waals surface area contributed by atoms with E-state index in [0.717, 1.165) is 35.1 Å². The molecule has 4 heteroatoms. The molecule has 2 rings (SSSR count). The number of methoxy groups -OCH3 is 1. The van der Waals surface area contributed by atoms with E-state index in [4.69, 9.17) is 10.5 Å². The van der Waals surface area contributed by atoms with Crippen LogP contribution in [-0.2, 0) is 0 Å². The Morgan fingerprint density at radius 1 is 1.50 bits per heavy atom. The number of rotatable bonds is 5. The lowest BCUT2D eigenvalue weighted by Gasteiger charge is -2.09. The molecule has 1 aromatic carbocycles. The molecule has 3 nitrogen and oxygen atoms in total. The Kier molecular flexibility index (Phi) is 5.25. The Balaban J connectivity index is 0.00000162. The van der Waals surface area contributed by atoms with E-state index in [2.05, 4.69) is 11.6 Å². The lowest BCUT2D eigenvalue weighted by atomic mass is 10.0. The first-order valence-corrected chi connectivity index (χ1v) is 5.77. The van der Waals surface area contributed by atoms with Crippen LogP contribution in [0.1, 0.15) is 24.4 Å². The Bertz CT molecular complexity index is 521. The minimum atomic E-state index is 0. The fourth-order valence-corrected chi connectivity index (χ4v) is 2.01. The van der Waals surface area contributed by atoms with Gasteiger partial charge in [-0.05, 0) is 36.6 Å². The number of aromatic nitrogens is 1. The van der Waals surface area contributed by atoms with Crippen LogP contribution in [0.25, 0.3) is 10.9 Å². The first-order valence-electron chi connectivity index (χ1n) is 5.77. The molecule has 0 bridgehead atoms. The third-order valence-electron chi connectivity index (χ3n) is 3.00. The summed E-state index contributed by atoms with van der Waals surface area (Å²) in [4.78, 5) is 3.24. The maximum Gasteiger partial charge on any atom is 0.119 e. The zero-order valence-corrected chi connectivity index (χ0v) is 11.3. The Labute approximate surface area is 113 Å². The molecule has 0 amide bonds. The summed E-state index contributed by atoms with van der Waals surface area (Å²) in [6, 6.07) is 6.01. The molecule has 98 valence electrons. The van der Waals surface area contributed by atoms with Gasteiger partial charge < -0.3 is 15.5 Å². The van der Waals surface area contributed by atoms with E-state index in [-0.39, 0.29) is 18.4 Å². The Morgan fingerprint density at radius 3 is 2.94 bits per heavy atom. The number of nitrogens with two attached hydrogens (primary N) is 1. The quantitative estimate of drug-likeness (QED) is 0.813. The molecule has 3 N–H and O–H groups in total. The maximum absolute atomic E-state index is 6.17. The molecule has 1 heterocycles. The number of aromatic amines is 1. The molecule has 0 aliphatic rings. The molecular formula is C14H19ClN2O. The number of halogens is 1. The van der Waals surface area contributed by atoms with Crippen molar-refractivity contribution in [3.63, 3.8) is 0 Å². The first kappa shape index (κ1) is 14.6. The molecule has 1 atom stereocenters. The maximum atomic E-state index is 6.17. The van der Waals surface area contributed by atoms with Crippen molar-refractivity contribution in [3.8, 4) is 5.75 Å². The van der Waals surface area contributed by atoms with Crippen LogP contribution < -0.4 is 10.5 Å².